The van der Waals surface area contributed by atoms with Crippen molar-refractivity contribution in [3.8, 4) is 0 Å². The molecule has 0 radical (unpaired) electrons. The molecule has 0 aliphatic carbocycles. The van der Waals surface area contributed by atoms with Crippen LogP contribution in [0.1, 0.15) is 5.56 Å². The van der Waals surface area contributed by atoms with E-state index in [1.807, 2.05) is 6.07 Å². The maximum Gasteiger partial charge on any atom is 0.461 e. The molecule has 0 saturated carbocycles. The van der Waals surface area contributed by atoms with Gasteiger partial charge in [0.25, 0.3) is 0 Å². The molecule has 0 aromatic carbocycles. The number of aryl methyl sites for hydroxylation is 1. The molecule has 6 nitrogen and oxygen atoms in total. The van der Waals surface area contributed by atoms with Crippen LogP contribution in [0.25, 0.3) is 0 Å². The average molecular weight is 255 g/mol. The van der Waals surface area contributed by atoms with Gasteiger partial charge in [-0.25, -0.2) is 9.78 Å². The van der Waals surface area contributed by atoms with Gasteiger partial charge in [0.15, 0.2) is 0 Å². The monoisotopic (exact) mass is 254 g/mol. The number of hydrogen-bond acceptors (Lipinski definition) is 5. The minimum atomic E-state index is -0.608. The molecule has 1 N–H and O–H groups in total. The van der Waals surface area contributed by atoms with Gasteiger partial charge < -0.3 is 9.84 Å². The van der Waals surface area contributed by atoms with Gasteiger partial charge in [0.05, 0.1) is 0 Å². The second kappa shape index (κ2) is 5.01. The number of hydrogen-bond donors (Lipinski definition) is 1. The largest absolute Gasteiger partial charge is 0.461 e. The molecule has 90 valence electrons. The molecule has 0 atom stereocenters. The summed E-state index contributed by atoms with van der Waals surface area (Å²) < 4.78 is 5.98. The zero-order valence-corrected chi connectivity index (χ0v) is 9.94. The highest BCUT2D eigenvalue weighted by molar-refractivity contribution is 6.29. The molecule has 17 heavy (non-hydrogen) atoms. The van der Waals surface area contributed by atoms with Crippen LogP contribution >= 0.6 is 11.6 Å². The van der Waals surface area contributed by atoms with Gasteiger partial charge in [-0.3, -0.25) is 0 Å². The number of rotatable bonds is 4. The molecule has 0 fully saturated rings. The van der Waals surface area contributed by atoms with E-state index in [9.17, 15) is 4.79 Å². The normalized spacial score (nSPS) is 10.5. The van der Waals surface area contributed by atoms with Crippen molar-refractivity contribution in [3.63, 3.8) is 0 Å². The van der Waals surface area contributed by atoms with Crippen molar-refractivity contribution in [2.24, 2.45) is 7.05 Å². The van der Waals surface area contributed by atoms with Gasteiger partial charge in [-0.1, -0.05) is 17.7 Å². The summed E-state index contributed by atoms with van der Waals surface area (Å²) in [5, 5.41) is 3.47. The third-order valence-corrected chi connectivity index (χ3v) is 2.42. The van der Waals surface area contributed by atoms with E-state index in [4.69, 9.17) is 16.1 Å². The number of aromatic nitrogens is 3. The Hall–Kier alpha value is -1.82. The van der Waals surface area contributed by atoms with Gasteiger partial charge >= 0.3 is 5.76 Å². The summed E-state index contributed by atoms with van der Waals surface area (Å²) in [5.41, 5.74) is 1.05. The lowest BCUT2D eigenvalue weighted by atomic mass is 10.2. The van der Waals surface area contributed by atoms with E-state index >= 15 is 0 Å². The van der Waals surface area contributed by atoms with Crippen molar-refractivity contribution in [1.29, 1.82) is 0 Å². The van der Waals surface area contributed by atoms with E-state index in [0.717, 1.165) is 12.0 Å². The topological polar surface area (TPSA) is 73.0 Å². The maximum atomic E-state index is 10.8. The SMILES string of the molecule is Cn1oc(=O)nc1NCCc1ccc(Cl)nc1. The zero-order chi connectivity index (χ0) is 12.3. The zero-order valence-electron chi connectivity index (χ0n) is 9.18. The first-order chi connectivity index (χ1) is 8.15. The van der Waals surface area contributed by atoms with Crippen molar-refractivity contribution in [2.75, 3.05) is 11.9 Å². The van der Waals surface area contributed by atoms with Crippen LogP contribution < -0.4 is 11.1 Å². The summed E-state index contributed by atoms with van der Waals surface area (Å²) in [4.78, 5) is 18.4. The molecular weight excluding hydrogens is 244 g/mol. The Labute approximate surface area is 102 Å². The van der Waals surface area contributed by atoms with Crippen molar-refractivity contribution >= 4 is 17.5 Å². The molecule has 0 bridgehead atoms. The van der Waals surface area contributed by atoms with E-state index in [2.05, 4.69) is 15.3 Å². The lowest BCUT2D eigenvalue weighted by Gasteiger charge is -2.03. The van der Waals surface area contributed by atoms with Gasteiger partial charge in [0.2, 0.25) is 5.95 Å². The van der Waals surface area contributed by atoms with Gasteiger partial charge in [-0.05, 0) is 18.1 Å². The van der Waals surface area contributed by atoms with E-state index in [1.54, 1.807) is 19.3 Å². The summed E-state index contributed by atoms with van der Waals surface area (Å²) in [5.74, 6) is -0.194. The van der Waals surface area contributed by atoms with Crippen LogP contribution in [-0.4, -0.2) is 21.3 Å². The van der Waals surface area contributed by atoms with Crippen molar-refractivity contribution in [2.45, 2.75) is 6.42 Å². The van der Waals surface area contributed by atoms with Crippen LogP contribution in [0.5, 0.6) is 0 Å². The van der Waals surface area contributed by atoms with Crippen LogP contribution in [0.4, 0.5) is 5.95 Å². The average Bonchev–Trinajstić information content (AvgIpc) is 2.60. The number of nitrogens with one attached hydrogen (secondary N) is 1. The highest BCUT2D eigenvalue weighted by Gasteiger charge is 2.03. The Balaban J connectivity index is 1.89. The van der Waals surface area contributed by atoms with Crippen LogP contribution in [0.3, 0.4) is 0 Å². The van der Waals surface area contributed by atoms with E-state index in [-0.39, 0.29) is 0 Å². The fourth-order valence-electron chi connectivity index (χ4n) is 1.36. The highest BCUT2D eigenvalue weighted by Crippen LogP contribution is 2.06. The molecule has 0 aliphatic heterocycles. The summed E-state index contributed by atoms with van der Waals surface area (Å²) in [6.45, 7) is 0.628. The van der Waals surface area contributed by atoms with E-state index < -0.39 is 5.76 Å². The molecule has 0 spiro atoms. The summed E-state index contributed by atoms with van der Waals surface area (Å²) >= 11 is 5.68. The van der Waals surface area contributed by atoms with Gasteiger partial charge in [0, 0.05) is 19.8 Å². The van der Waals surface area contributed by atoms with Crippen molar-refractivity contribution < 1.29 is 4.52 Å². The minimum absolute atomic E-state index is 0.414. The molecule has 2 heterocycles. The second-order valence-corrected chi connectivity index (χ2v) is 3.84. The third kappa shape index (κ3) is 3.07. The van der Waals surface area contributed by atoms with Gasteiger partial charge in [-0.2, -0.15) is 4.74 Å². The summed E-state index contributed by atoms with van der Waals surface area (Å²) in [6, 6.07) is 3.64. The number of nitrogens with zero attached hydrogens (tertiary/aromatic N) is 3. The number of pyridine rings is 1. The van der Waals surface area contributed by atoms with Gasteiger partial charge in [0.1, 0.15) is 5.15 Å². The standard InChI is InChI=1S/C10H11ClN4O2/c1-15-9(14-10(16)17-15)12-5-4-7-2-3-8(11)13-6-7/h2-3,6H,4-5H2,1H3,(H,12,14,16). The first-order valence-electron chi connectivity index (χ1n) is 5.04. The Kier molecular flexibility index (Phi) is 3.43. The maximum absolute atomic E-state index is 10.8. The predicted octanol–water partition coefficient (Wildman–Crippen LogP) is 1.08. The minimum Gasteiger partial charge on any atom is -0.353 e. The summed E-state index contributed by atoms with van der Waals surface area (Å²) in [7, 11) is 1.61. The van der Waals surface area contributed by atoms with E-state index in [1.165, 1.54) is 4.74 Å². The summed E-state index contributed by atoms with van der Waals surface area (Å²) in [6.07, 6.45) is 2.47. The van der Waals surface area contributed by atoms with Crippen LogP contribution in [0.2, 0.25) is 5.15 Å². The van der Waals surface area contributed by atoms with Crippen LogP contribution in [0.15, 0.2) is 27.6 Å². The molecule has 0 saturated heterocycles. The lowest BCUT2D eigenvalue weighted by Crippen LogP contribution is -2.09. The molecule has 7 heteroatoms. The Bertz CT molecular complexity index is 546. The first-order valence-corrected chi connectivity index (χ1v) is 5.41. The van der Waals surface area contributed by atoms with Crippen LogP contribution in [0, 0.1) is 0 Å². The van der Waals surface area contributed by atoms with Gasteiger partial charge in [-0.15, -0.1) is 4.98 Å². The lowest BCUT2D eigenvalue weighted by molar-refractivity contribution is 0.287. The number of anilines is 1. The predicted molar refractivity (Wildman–Crippen MR) is 63.2 cm³/mol. The fourth-order valence-corrected chi connectivity index (χ4v) is 1.47. The number of halogens is 1. The molecule has 2 aromatic heterocycles. The molecule has 2 aromatic rings. The van der Waals surface area contributed by atoms with Crippen molar-refractivity contribution in [1.82, 2.24) is 14.7 Å². The quantitative estimate of drug-likeness (QED) is 0.827. The molecule has 2 rings (SSSR count). The second-order valence-electron chi connectivity index (χ2n) is 3.46. The Morgan fingerprint density at radius 2 is 2.35 bits per heavy atom. The molecule has 0 aliphatic rings. The first kappa shape index (κ1) is 11.7. The molecular formula is C10H11ClN4O2. The smallest absolute Gasteiger partial charge is 0.353 e. The molecule has 0 amide bonds. The van der Waals surface area contributed by atoms with Crippen molar-refractivity contribution in [3.05, 3.63) is 39.6 Å². The Morgan fingerprint density at radius 1 is 1.53 bits per heavy atom. The van der Waals surface area contributed by atoms with E-state index in [0.29, 0.717) is 17.6 Å². The molecule has 0 unspecified atom stereocenters. The highest BCUT2D eigenvalue weighted by atomic mass is 35.5. The third-order valence-electron chi connectivity index (χ3n) is 2.20. The van der Waals surface area contributed by atoms with Crippen LogP contribution in [-0.2, 0) is 13.5 Å². The Morgan fingerprint density at radius 3 is 2.94 bits per heavy atom. The fraction of sp³-hybridized carbons (Fsp3) is 0.300.